The molecule has 0 atom stereocenters. The highest BCUT2D eigenvalue weighted by atomic mass is 19.1. The highest BCUT2D eigenvalue weighted by Crippen LogP contribution is 2.29. The van der Waals surface area contributed by atoms with E-state index in [1.54, 1.807) is 0 Å². The number of carbonyl (C=O) groups is 1. The molecule has 0 saturated carbocycles. The van der Waals surface area contributed by atoms with Gasteiger partial charge in [-0.05, 0) is 18.2 Å². The third kappa shape index (κ3) is 2.66. The minimum atomic E-state index is -0.908. The molecular formula is C13H10F2N2O3. The molecule has 1 heterocycles. The number of nitrogens with zero attached hydrogens (tertiary/aromatic N) is 1. The zero-order valence-electron chi connectivity index (χ0n) is 10.4. The fraction of sp³-hybridized carbons (Fsp3) is 0.0769. The molecular weight excluding hydrogens is 270 g/mol. The van der Waals surface area contributed by atoms with Crippen molar-refractivity contribution in [3.63, 3.8) is 0 Å². The number of hydrogen-bond donors (Lipinski definition) is 1. The summed E-state index contributed by atoms with van der Waals surface area (Å²) in [7, 11) is 1.20. The highest BCUT2D eigenvalue weighted by molar-refractivity contribution is 5.96. The van der Waals surface area contributed by atoms with Crippen LogP contribution in [-0.2, 0) is 4.74 Å². The first-order valence-electron chi connectivity index (χ1n) is 5.48. The number of nitrogens with two attached hydrogens (primary N) is 1. The topological polar surface area (TPSA) is 74.4 Å². The molecule has 0 spiro atoms. The number of esters is 1. The number of benzene rings is 1. The molecule has 2 rings (SSSR count). The van der Waals surface area contributed by atoms with E-state index in [1.165, 1.54) is 19.4 Å². The summed E-state index contributed by atoms with van der Waals surface area (Å²) >= 11 is 0. The van der Waals surface area contributed by atoms with Crippen molar-refractivity contribution in [2.45, 2.75) is 0 Å². The lowest BCUT2D eigenvalue weighted by Gasteiger charge is -2.10. The Morgan fingerprint density at radius 2 is 2.05 bits per heavy atom. The number of halogens is 2. The predicted molar refractivity (Wildman–Crippen MR) is 66.4 cm³/mol. The average Bonchev–Trinajstić information content (AvgIpc) is 2.43. The third-order valence-corrected chi connectivity index (χ3v) is 2.46. The molecule has 20 heavy (non-hydrogen) atoms. The summed E-state index contributed by atoms with van der Waals surface area (Å²) in [5.74, 6) is -2.74. The van der Waals surface area contributed by atoms with Crippen molar-refractivity contribution in [3.8, 4) is 11.6 Å². The van der Waals surface area contributed by atoms with Gasteiger partial charge in [0.1, 0.15) is 11.5 Å². The van der Waals surface area contributed by atoms with Gasteiger partial charge in [0.2, 0.25) is 5.88 Å². The van der Waals surface area contributed by atoms with E-state index in [-0.39, 0.29) is 22.9 Å². The third-order valence-electron chi connectivity index (χ3n) is 2.46. The number of pyridine rings is 1. The van der Waals surface area contributed by atoms with Crippen LogP contribution < -0.4 is 10.5 Å². The SMILES string of the molecule is COC(=O)c1ccnc(Oc2ccc(F)cc2F)c1N. The van der Waals surface area contributed by atoms with Crippen LogP contribution in [0.15, 0.2) is 30.5 Å². The standard InChI is InChI=1S/C13H10F2N2O3/c1-19-13(18)8-4-5-17-12(11(8)16)20-10-3-2-7(14)6-9(10)15/h2-6H,16H2,1H3. The molecule has 1 aromatic heterocycles. The molecule has 0 aliphatic rings. The van der Waals surface area contributed by atoms with E-state index in [0.717, 1.165) is 12.1 Å². The number of anilines is 1. The zero-order chi connectivity index (χ0) is 14.7. The van der Waals surface area contributed by atoms with Gasteiger partial charge in [0.15, 0.2) is 11.6 Å². The summed E-state index contributed by atoms with van der Waals surface area (Å²) in [5, 5.41) is 0. The van der Waals surface area contributed by atoms with Crippen molar-refractivity contribution in [2.75, 3.05) is 12.8 Å². The van der Waals surface area contributed by atoms with Crippen molar-refractivity contribution >= 4 is 11.7 Å². The smallest absolute Gasteiger partial charge is 0.340 e. The van der Waals surface area contributed by atoms with Gasteiger partial charge in [-0.15, -0.1) is 0 Å². The maximum Gasteiger partial charge on any atom is 0.340 e. The maximum atomic E-state index is 13.5. The zero-order valence-corrected chi connectivity index (χ0v) is 10.4. The molecule has 0 fully saturated rings. The summed E-state index contributed by atoms with van der Waals surface area (Å²) in [6, 6.07) is 4.13. The number of rotatable bonds is 3. The monoisotopic (exact) mass is 280 g/mol. The molecule has 0 bridgehead atoms. The van der Waals surface area contributed by atoms with Crippen molar-refractivity contribution in [1.82, 2.24) is 4.98 Å². The summed E-state index contributed by atoms with van der Waals surface area (Å²) in [5.41, 5.74) is 5.65. The van der Waals surface area contributed by atoms with E-state index in [2.05, 4.69) is 9.72 Å². The van der Waals surface area contributed by atoms with Gasteiger partial charge in [-0.2, -0.15) is 0 Å². The quantitative estimate of drug-likeness (QED) is 0.874. The average molecular weight is 280 g/mol. The molecule has 2 aromatic rings. The van der Waals surface area contributed by atoms with Gasteiger partial charge in [-0.25, -0.2) is 18.6 Å². The van der Waals surface area contributed by atoms with Crippen LogP contribution in [0.5, 0.6) is 11.6 Å². The lowest BCUT2D eigenvalue weighted by molar-refractivity contribution is 0.0601. The van der Waals surface area contributed by atoms with Crippen LogP contribution in [0.25, 0.3) is 0 Å². The van der Waals surface area contributed by atoms with Crippen LogP contribution in [0.3, 0.4) is 0 Å². The summed E-state index contributed by atoms with van der Waals surface area (Å²) < 4.78 is 35.9. The van der Waals surface area contributed by atoms with E-state index in [9.17, 15) is 13.6 Å². The van der Waals surface area contributed by atoms with Gasteiger partial charge in [-0.1, -0.05) is 0 Å². The van der Waals surface area contributed by atoms with Crippen LogP contribution >= 0.6 is 0 Å². The Labute approximate surface area is 112 Å². The Hall–Kier alpha value is -2.70. The summed E-state index contributed by atoms with van der Waals surface area (Å²) in [6.07, 6.45) is 1.26. The van der Waals surface area contributed by atoms with Crippen molar-refractivity contribution in [1.29, 1.82) is 0 Å². The van der Waals surface area contributed by atoms with E-state index in [4.69, 9.17) is 10.5 Å². The van der Waals surface area contributed by atoms with Crippen molar-refractivity contribution in [2.24, 2.45) is 0 Å². The summed E-state index contributed by atoms with van der Waals surface area (Å²) in [4.78, 5) is 15.2. The Morgan fingerprint density at radius 3 is 2.70 bits per heavy atom. The second-order valence-corrected chi connectivity index (χ2v) is 3.75. The second kappa shape index (κ2) is 5.52. The molecule has 0 radical (unpaired) electrons. The van der Waals surface area contributed by atoms with Gasteiger partial charge in [-0.3, -0.25) is 0 Å². The predicted octanol–water partition coefficient (Wildman–Crippen LogP) is 2.52. The molecule has 1 aromatic carbocycles. The van der Waals surface area contributed by atoms with Gasteiger partial charge in [0.05, 0.1) is 12.7 Å². The van der Waals surface area contributed by atoms with Gasteiger partial charge < -0.3 is 15.2 Å². The molecule has 0 aliphatic heterocycles. The molecule has 0 unspecified atom stereocenters. The highest BCUT2D eigenvalue weighted by Gasteiger charge is 2.16. The van der Waals surface area contributed by atoms with E-state index in [0.29, 0.717) is 6.07 Å². The number of aromatic nitrogens is 1. The molecule has 0 amide bonds. The van der Waals surface area contributed by atoms with Crippen LogP contribution in [0.2, 0.25) is 0 Å². The number of hydrogen-bond acceptors (Lipinski definition) is 5. The Balaban J connectivity index is 2.37. The van der Waals surface area contributed by atoms with Crippen molar-refractivity contribution in [3.05, 3.63) is 47.7 Å². The number of nitrogen functional groups attached to an aromatic ring is 1. The van der Waals surface area contributed by atoms with Crippen molar-refractivity contribution < 1.29 is 23.0 Å². The molecule has 0 saturated heterocycles. The van der Waals surface area contributed by atoms with E-state index >= 15 is 0 Å². The number of methoxy groups -OCH3 is 1. The lowest BCUT2D eigenvalue weighted by Crippen LogP contribution is -2.07. The number of carbonyl (C=O) groups excluding carboxylic acids is 1. The normalized spacial score (nSPS) is 10.2. The molecule has 5 nitrogen and oxygen atoms in total. The van der Waals surface area contributed by atoms with Gasteiger partial charge in [0.25, 0.3) is 0 Å². The fourth-order valence-electron chi connectivity index (χ4n) is 1.49. The van der Waals surface area contributed by atoms with Crippen LogP contribution in [-0.4, -0.2) is 18.1 Å². The first-order chi connectivity index (χ1) is 9.52. The number of ether oxygens (including phenoxy) is 2. The van der Waals surface area contributed by atoms with Gasteiger partial charge in [0, 0.05) is 12.3 Å². The second-order valence-electron chi connectivity index (χ2n) is 3.75. The van der Waals surface area contributed by atoms with Crippen LogP contribution in [0.1, 0.15) is 10.4 Å². The van der Waals surface area contributed by atoms with Crippen LogP contribution in [0.4, 0.5) is 14.5 Å². The fourth-order valence-corrected chi connectivity index (χ4v) is 1.49. The van der Waals surface area contributed by atoms with Gasteiger partial charge >= 0.3 is 5.97 Å². The van der Waals surface area contributed by atoms with E-state index < -0.39 is 17.6 Å². The first kappa shape index (κ1) is 13.7. The maximum absolute atomic E-state index is 13.5. The Morgan fingerprint density at radius 1 is 1.30 bits per heavy atom. The minimum absolute atomic E-state index is 0.0417. The molecule has 2 N–H and O–H groups in total. The lowest BCUT2D eigenvalue weighted by atomic mass is 10.2. The Kier molecular flexibility index (Phi) is 3.79. The molecule has 104 valence electrons. The largest absolute Gasteiger partial charge is 0.465 e. The summed E-state index contributed by atoms with van der Waals surface area (Å²) in [6.45, 7) is 0. The molecule has 0 aliphatic carbocycles. The minimum Gasteiger partial charge on any atom is -0.465 e. The van der Waals surface area contributed by atoms with E-state index in [1.807, 2.05) is 0 Å². The Bertz CT molecular complexity index is 662. The first-order valence-corrected chi connectivity index (χ1v) is 5.48. The van der Waals surface area contributed by atoms with Crippen LogP contribution in [0, 0.1) is 11.6 Å². The molecule has 7 heteroatoms.